The lowest BCUT2D eigenvalue weighted by Gasteiger charge is -2.26. The van der Waals surface area contributed by atoms with Crippen molar-refractivity contribution in [3.05, 3.63) is 112 Å². The number of methoxy groups -OCH3 is 2. The van der Waals surface area contributed by atoms with Crippen molar-refractivity contribution < 1.29 is 19.4 Å². The molecule has 4 aromatic rings. The topological polar surface area (TPSA) is 71.9 Å². The van der Waals surface area contributed by atoms with Gasteiger partial charge in [-0.2, -0.15) is 0 Å². The third kappa shape index (κ3) is 6.50. The molecule has 0 saturated heterocycles. The van der Waals surface area contributed by atoms with Crippen LogP contribution in [-0.4, -0.2) is 41.7 Å². The maximum atomic E-state index is 11.4. The molecule has 0 saturated carbocycles. The Morgan fingerprint density at radius 3 is 2.17 bits per heavy atom. The van der Waals surface area contributed by atoms with Crippen molar-refractivity contribution >= 4 is 17.3 Å². The van der Waals surface area contributed by atoms with Gasteiger partial charge >= 0.3 is 5.97 Å². The highest BCUT2D eigenvalue weighted by molar-refractivity contribution is 7.09. The number of hydrogen-bond acceptors (Lipinski definition) is 6. The van der Waals surface area contributed by atoms with Gasteiger partial charge < -0.3 is 14.6 Å². The molecule has 0 amide bonds. The molecule has 1 aromatic heterocycles. The molecule has 0 atom stereocenters. The summed E-state index contributed by atoms with van der Waals surface area (Å²) in [5.74, 6) is 0.724. The Morgan fingerprint density at radius 1 is 0.944 bits per heavy atom. The molecule has 0 fully saturated rings. The zero-order chi connectivity index (χ0) is 25.3. The standard InChI is InChI=1S/C29H30N2O4S/c1-34-24-14-13-23(27(17-24)35-2)18-31(19-28-30-26(20-36-28)29(32)33)16-15-25(21-9-5-3-6-10-21)22-11-7-4-8-12-22/h3-14,17,20,25H,15-16,18-19H2,1-2H3,(H,32,33). The first-order chi connectivity index (χ1) is 17.6. The summed E-state index contributed by atoms with van der Waals surface area (Å²) in [6, 6.07) is 26.9. The van der Waals surface area contributed by atoms with Gasteiger partial charge in [0.15, 0.2) is 5.69 Å². The molecule has 3 aromatic carbocycles. The number of benzene rings is 3. The SMILES string of the molecule is COc1ccc(CN(CCC(c2ccccc2)c2ccccc2)Cc2nc(C(=O)O)cs2)c(OC)c1. The van der Waals surface area contributed by atoms with E-state index < -0.39 is 5.97 Å². The molecule has 1 N–H and O–H groups in total. The van der Waals surface area contributed by atoms with Gasteiger partial charge in [0.25, 0.3) is 0 Å². The summed E-state index contributed by atoms with van der Waals surface area (Å²) in [7, 11) is 3.29. The van der Waals surface area contributed by atoms with Gasteiger partial charge in [0.05, 0.1) is 20.8 Å². The summed E-state index contributed by atoms with van der Waals surface area (Å²) < 4.78 is 11.0. The first-order valence-corrected chi connectivity index (χ1v) is 12.7. The fourth-order valence-electron chi connectivity index (χ4n) is 4.32. The van der Waals surface area contributed by atoms with Gasteiger partial charge in [-0.05, 0) is 30.2 Å². The van der Waals surface area contributed by atoms with E-state index >= 15 is 0 Å². The lowest BCUT2D eigenvalue weighted by Crippen LogP contribution is -2.26. The Morgan fingerprint density at radius 2 is 1.61 bits per heavy atom. The molecular formula is C29H30N2O4S. The minimum atomic E-state index is -1.01. The molecule has 36 heavy (non-hydrogen) atoms. The Balaban J connectivity index is 1.60. The van der Waals surface area contributed by atoms with Crippen LogP contribution >= 0.6 is 11.3 Å². The number of carboxylic acid groups (broad SMARTS) is 1. The summed E-state index contributed by atoms with van der Waals surface area (Å²) in [4.78, 5) is 18.0. The van der Waals surface area contributed by atoms with Crippen LogP contribution in [0.25, 0.3) is 0 Å². The minimum absolute atomic E-state index is 0.0865. The molecule has 1 heterocycles. The van der Waals surface area contributed by atoms with Gasteiger partial charge in [-0.25, -0.2) is 9.78 Å². The van der Waals surface area contributed by atoms with E-state index in [0.29, 0.717) is 13.1 Å². The normalized spacial score (nSPS) is 11.1. The number of rotatable bonds is 12. The molecule has 0 bridgehead atoms. The number of nitrogens with zero attached hydrogens (tertiary/aromatic N) is 2. The quantitative estimate of drug-likeness (QED) is 0.253. The van der Waals surface area contributed by atoms with E-state index in [9.17, 15) is 9.90 Å². The van der Waals surface area contributed by atoms with Crippen molar-refractivity contribution in [3.8, 4) is 11.5 Å². The van der Waals surface area contributed by atoms with Crippen molar-refractivity contribution in [2.24, 2.45) is 0 Å². The van der Waals surface area contributed by atoms with Crippen molar-refractivity contribution in [2.45, 2.75) is 25.4 Å². The number of aromatic nitrogens is 1. The van der Waals surface area contributed by atoms with Crippen LogP contribution in [0.5, 0.6) is 11.5 Å². The molecule has 0 aliphatic carbocycles. The molecule has 0 radical (unpaired) electrons. The van der Waals surface area contributed by atoms with E-state index in [4.69, 9.17) is 9.47 Å². The van der Waals surface area contributed by atoms with Gasteiger partial charge in [0.1, 0.15) is 16.5 Å². The number of carbonyl (C=O) groups is 1. The molecule has 6 nitrogen and oxygen atoms in total. The number of ether oxygens (including phenoxy) is 2. The lowest BCUT2D eigenvalue weighted by atomic mass is 9.88. The molecule has 0 aliphatic heterocycles. The van der Waals surface area contributed by atoms with Crippen LogP contribution in [-0.2, 0) is 13.1 Å². The van der Waals surface area contributed by atoms with E-state index in [0.717, 1.165) is 35.0 Å². The fraction of sp³-hybridized carbons (Fsp3) is 0.241. The number of hydrogen-bond donors (Lipinski definition) is 1. The second kappa shape index (κ2) is 12.3. The van der Waals surface area contributed by atoms with Crippen LogP contribution in [0.1, 0.15) is 44.5 Å². The zero-order valence-corrected chi connectivity index (χ0v) is 21.3. The van der Waals surface area contributed by atoms with Crippen LogP contribution in [0.3, 0.4) is 0 Å². The Kier molecular flexibility index (Phi) is 8.71. The smallest absolute Gasteiger partial charge is 0.355 e. The van der Waals surface area contributed by atoms with E-state index in [1.54, 1.807) is 19.6 Å². The highest BCUT2D eigenvalue weighted by Crippen LogP contribution is 2.30. The van der Waals surface area contributed by atoms with Crippen molar-refractivity contribution in [2.75, 3.05) is 20.8 Å². The van der Waals surface area contributed by atoms with E-state index in [1.165, 1.54) is 22.5 Å². The first kappa shape index (κ1) is 25.4. The fourth-order valence-corrected chi connectivity index (χ4v) is 5.13. The zero-order valence-electron chi connectivity index (χ0n) is 20.5. The number of carboxylic acids is 1. The van der Waals surface area contributed by atoms with Gasteiger partial charge in [-0.3, -0.25) is 4.90 Å². The van der Waals surface area contributed by atoms with Gasteiger partial charge in [0, 0.05) is 29.5 Å². The summed E-state index contributed by atoms with van der Waals surface area (Å²) in [6.07, 6.45) is 0.893. The summed E-state index contributed by atoms with van der Waals surface area (Å²) >= 11 is 1.37. The predicted molar refractivity (Wildman–Crippen MR) is 142 cm³/mol. The van der Waals surface area contributed by atoms with Crippen LogP contribution in [0.2, 0.25) is 0 Å². The molecule has 0 unspecified atom stereocenters. The summed E-state index contributed by atoms with van der Waals surface area (Å²) in [5.41, 5.74) is 3.66. The van der Waals surface area contributed by atoms with Crippen molar-refractivity contribution in [3.63, 3.8) is 0 Å². The van der Waals surface area contributed by atoms with E-state index in [-0.39, 0.29) is 11.6 Å². The third-order valence-electron chi connectivity index (χ3n) is 6.16. The van der Waals surface area contributed by atoms with Gasteiger partial charge in [0.2, 0.25) is 0 Å². The lowest BCUT2D eigenvalue weighted by molar-refractivity contribution is 0.0691. The second-order valence-electron chi connectivity index (χ2n) is 8.48. The molecule has 7 heteroatoms. The maximum absolute atomic E-state index is 11.4. The van der Waals surface area contributed by atoms with E-state index in [1.807, 2.05) is 30.3 Å². The van der Waals surface area contributed by atoms with Gasteiger partial charge in [-0.1, -0.05) is 66.7 Å². The van der Waals surface area contributed by atoms with Crippen LogP contribution in [0, 0.1) is 0 Å². The van der Waals surface area contributed by atoms with Crippen LogP contribution in [0.15, 0.2) is 84.2 Å². The Hall–Kier alpha value is -3.68. The predicted octanol–water partition coefficient (Wildman–Crippen LogP) is 6.08. The molecule has 0 aliphatic rings. The Labute approximate surface area is 215 Å². The number of thiazole rings is 1. The van der Waals surface area contributed by atoms with Gasteiger partial charge in [-0.15, -0.1) is 11.3 Å². The summed E-state index contributed by atoms with van der Waals surface area (Å²) in [6.45, 7) is 1.96. The monoisotopic (exact) mass is 502 g/mol. The van der Waals surface area contributed by atoms with Crippen LogP contribution < -0.4 is 9.47 Å². The number of aromatic carboxylic acids is 1. The average molecular weight is 503 g/mol. The second-order valence-corrected chi connectivity index (χ2v) is 9.43. The minimum Gasteiger partial charge on any atom is -0.497 e. The first-order valence-electron chi connectivity index (χ1n) is 11.8. The average Bonchev–Trinajstić information content (AvgIpc) is 3.39. The van der Waals surface area contributed by atoms with E-state index in [2.05, 4.69) is 58.4 Å². The molecule has 0 spiro atoms. The van der Waals surface area contributed by atoms with Crippen molar-refractivity contribution in [1.29, 1.82) is 0 Å². The third-order valence-corrected chi connectivity index (χ3v) is 6.99. The highest BCUT2D eigenvalue weighted by Gasteiger charge is 2.19. The molecule has 186 valence electrons. The van der Waals surface area contributed by atoms with Crippen molar-refractivity contribution in [1.82, 2.24) is 9.88 Å². The Bertz CT molecular complexity index is 1220. The highest BCUT2D eigenvalue weighted by atomic mass is 32.1. The molecular weight excluding hydrogens is 472 g/mol. The largest absolute Gasteiger partial charge is 0.497 e. The summed E-state index contributed by atoms with van der Waals surface area (Å²) in [5, 5.41) is 11.7. The molecule has 4 rings (SSSR count). The maximum Gasteiger partial charge on any atom is 0.355 e. The van der Waals surface area contributed by atoms with Crippen LogP contribution in [0.4, 0.5) is 0 Å².